The van der Waals surface area contributed by atoms with Gasteiger partial charge in [0.25, 0.3) is 0 Å². The summed E-state index contributed by atoms with van der Waals surface area (Å²) in [6, 6.07) is 64.3. The summed E-state index contributed by atoms with van der Waals surface area (Å²) in [5.74, 6) is 0.642. The Morgan fingerprint density at radius 1 is 0.452 bits per heavy atom. The van der Waals surface area contributed by atoms with Gasteiger partial charge in [0.2, 0.25) is 0 Å². The zero-order valence-electron chi connectivity index (χ0n) is 34.7. The second kappa shape index (κ2) is 13.5. The lowest BCUT2D eigenvalue weighted by Crippen LogP contribution is -2.13. The van der Waals surface area contributed by atoms with Gasteiger partial charge in [-0.15, -0.1) is 0 Å². The Labute approximate surface area is 360 Å². The molecule has 2 aliphatic rings. The highest BCUT2D eigenvalue weighted by molar-refractivity contribution is 6.12. The van der Waals surface area contributed by atoms with Crippen molar-refractivity contribution in [3.63, 3.8) is 0 Å². The lowest BCUT2D eigenvalue weighted by Gasteiger charge is -2.32. The van der Waals surface area contributed by atoms with Crippen molar-refractivity contribution in [1.82, 2.24) is 19.1 Å². The molecule has 4 aromatic heterocycles. The van der Waals surface area contributed by atoms with E-state index in [9.17, 15) is 0 Å². The van der Waals surface area contributed by atoms with Gasteiger partial charge >= 0.3 is 0 Å². The van der Waals surface area contributed by atoms with Gasteiger partial charge < -0.3 is 9.13 Å². The lowest BCUT2D eigenvalue weighted by molar-refractivity contribution is 0.617. The molecular formula is C58H42N4. The van der Waals surface area contributed by atoms with E-state index in [0.717, 1.165) is 51.9 Å². The molecule has 294 valence electrons. The van der Waals surface area contributed by atoms with Crippen molar-refractivity contribution in [3.8, 4) is 33.8 Å². The van der Waals surface area contributed by atoms with Gasteiger partial charge in [0.1, 0.15) is 0 Å². The number of hydrogen-bond donors (Lipinski definition) is 0. The fourth-order valence-corrected chi connectivity index (χ4v) is 10.7. The third-order valence-electron chi connectivity index (χ3n) is 14.0. The fourth-order valence-electron chi connectivity index (χ4n) is 10.7. The number of allylic oxidation sites excluding steroid dienone is 1. The van der Waals surface area contributed by atoms with E-state index in [0.29, 0.717) is 11.8 Å². The number of nitrogens with zero attached hydrogens (tertiary/aromatic N) is 4. The third kappa shape index (κ3) is 5.26. The van der Waals surface area contributed by atoms with E-state index in [1.807, 2.05) is 0 Å². The van der Waals surface area contributed by atoms with E-state index in [1.165, 1.54) is 82.9 Å². The first-order valence-corrected chi connectivity index (χ1v) is 21.9. The van der Waals surface area contributed by atoms with E-state index < -0.39 is 0 Å². The summed E-state index contributed by atoms with van der Waals surface area (Å²) < 4.78 is 5.00. The molecule has 0 radical (unpaired) electrons. The highest BCUT2D eigenvalue weighted by atomic mass is 15.0. The van der Waals surface area contributed by atoms with Crippen LogP contribution in [0.2, 0.25) is 0 Å². The Morgan fingerprint density at radius 3 is 1.68 bits per heavy atom. The van der Waals surface area contributed by atoms with E-state index in [-0.39, 0.29) is 0 Å². The standard InChI is InChI=1S/C58H42N4/c1-35-36(2)44-32-50-48-30-40(54-26-22-38-14-10-12-20-52(38)60-54)24-28-56(48)62(42-17-7-4-8-18-42)58(50)34-46(44)45-33-57-49(31-43(35)45)47-29-39(53-25-21-37-13-9-11-19-51(37)59-53)23-27-55(47)61(57)41-15-5-3-6-16-41/h3-23,25-27,29-36H,24,28H2,1-2H3. The zero-order valence-corrected chi connectivity index (χ0v) is 34.7. The summed E-state index contributed by atoms with van der Waals surface area (Å²) in [4.78, 5) is 10.3. The van der Waals surface area contributed by atoms with Crippen LogP contribution in [0.15, 0.2) is 176 Å². The summed E-state index contributed by atoms with van der Waals surface area (Å²) in [7, 11) is 0. The number of fused-ring (bicyclic) bond motifs is 11. The molecule has 2 unspecified atom stereocenters. The van der Waals surface area contributed by atoms with Gasteiger partial charge in [-0.25, -0.2) is 9.97 Å². The maximum Gasteiger partial charge on any atom is 0.0709 e. The minimum absolute atomic E-state index is 0.319. The maximum absolute atomic E-state index is 5.15. The van der Waals surface area contributed by atoms with Crippen molar-refractivity contribution in [2.45, 2.75) is 38.5 Å². The fraction of sp³-hybridized carbons (Fsp3) is 0.103. The van der Waals surface area contributed by atoms with Gasteiger partial charge in [-0.3, -0.25) is 0 Å². The molecule has 4 nitrogen and oxygen atoms in total. The highest BCUT2D eigenvalue weighted by Gasteiger charge is 2.32. The van der Waals surface area contributed by atoms with Crippen LogP contribution in [0.5, 0.6) is 0 Å². The second-order valence-corrected chi connectivity index (χ2v) is 17.4. The quantitative estimate of drug-likeness (QED) is 0.178. The molecule has 2 aliphatic carbocycles. The van der Waals surface area contributed by atoms with Gasteiger partial charge in [-0.2, -0.15) is 0 Å². The maximum atomic E-state index is 5.15. The number of hydrogen-bond acceptors (Lipinski definition) is 2. The number of pyridine rings is 2. The van der Waals surface area contributed by atoms with Crippen LogP contribution in [-0.2, 0) is 6.42 Å². The molecule has 13 rings (SSSR count). The van der Waals surface area contributed by atoms with Crippen molar-refractivity contribution < 1.29 is 0 Å². The summed E-state index contributed by atoms with van der Waals surface area (Å²) in [6.45, 7) is 4.86. The van der Waals surface area contributed by atoms with Crippen LogP contribution in [0.3, 0.4) is 0 Å². The van der Waals surface area contributed by atoms with Gasteiger partial charge in [0.15, 0.2) is 0 Å². The van der Waals surface area contributed by atoms with E-state index in [1.54, 1.807) is 0 Å². The number of para-hydroxylation sites is 4. The molecule has 0 amide bonds. The lowest BCUT2D eigenvalue weighted by atomic mass is 9.72. The summed E-state index contributed by atoms with van der Waals surface area (Å²) >= 11 is 0. The van der Waals surface area contributed by atoms with Crippen LogP contribution in [0.25, 0.3) is 99.9 Å². The zero-order chi connectivity index (χ0) is 41.1. The minimum Gasteiger partial charge on any atom is -0.313 e. The molecule has 11 aromatic rings. The predicted octanol–water partition coefficient (Wildman–Crippen LogP) is 14.9. The number of rotatable bonds is 4. The molecule has 0 N–H and O–H groups in total. The monoisotopic (exact) mass is 794 g/mol. The van der Waals surface area contributed by atoms with Crippen molar-refractivity contribution in [2.75, 3.05) is 0 Å². The third-order valence-corrected chi connectivity index (χ3v) is 14.0. The molecule has 62 heavy (non-hydrogen) atoms. The van der Waals surface area contributed by atoms with Gasteiger partial charge in [0, 0.05) is 55.1 Å². The van der Waals surface area contributed by atoms with Gasteiger partial charge in [0.05, 0.1) is 39.0 Å². The van der Waals surface area contributed by atoms with Crippen LogP contribution in [0, 0.1) is 0 Å². The molecule has 4 heterocycles. The first kappa shape index (κ1) is 35.2. The van der Waals surface area contributed by atoms with Crippen molar-refractivity contribution in [1.29, 1.82) is 0 Å². The SMILES string of the molecule is CC1c2cc3c4c(n(-c5ccccc5)c3cc2-c2cc3c(cc2C1C)c1cc(-c2ccc5ccccc5n2)ccc1n3-c1ccccc1)CCC(c1ccc2ccccc2n1)=C4. The molecule has 0 bridgehead atoms. The van der Waals surface area contributed by atoms with Crippen LogP contribution in [0.4, 0.5) is 0 Å². The Kier molecular flexibility index (Phi) is 7.65. The van der Waals surface area contributed by atoms with Crippen LogP contribution < -0.4 is 0 Å². The molecule has 0 aliphatic heterocycles. The predicted molar refractivity (Wildman–Crippen MR) is 259 cm³/mol. The number of benzene rings is 7. The Hall–Kier alpha value is -7.56. The average Bonchev–Trinajstić information content (AvgIpc) is 3.83. The minimum atomic E-state index is 0.319. The van der Waals surface area contributed by atoms with E-state index in [4.69, 9.17) is 9.97 Å². The summed E-state index contributed by atoms with van der Waals surface area (Å²) in [5, 5.41) is 6.17. The molecule has 4 heteroatoms. The molecule has 0 saturated carbocycles. The van der Waals surface area contributed by atoms with Gasteiger partial charge in [-0.05, 0) is 144 Å². The average molecular weight is 795 g/mol. The molecule has 0 spiro atoms. The van der Waals surface area contributed by atoms with Gasteiger partial charge in [-0.1, -0.05) is 105 Å². The molecule has 0 saturated heterocycles. The first-order chi connectivity index (χ1) is 30.6. The van der Waals surface area contributed by atoms with Crippen LogP contribution >= 0.6 is 0 Å². The summed E-state index contributed by atoms with van der Waals surface area (Å²) in [6.07, 6.45) is 4.33. The largest absolute Gasteiger partial charge is 0.313 e. The molecular weight excluding hydrogens is 753 g/mol. The summed E-state index contributed by atoms with van der Waals surface area (Å²) in [5.41, 5.74) is 20.8. The molecule has 0 fully saturated rings. The van der Waals surface area contributed by atoms with Crippen LogP contribution in [-0.4, -0.2) is 19.1 Å². The van der Waals surface area contributed by atoms with E-state index >= 15 is 0 Å². The molecule has 7 aromatic carbocycles. The topological polar surface area (TPSA) is 35.6 Å². The Balaban J connectivity index is 1.04. The highest BCUT2D eigenvalue weighted by Crippen LogP contribution is 2.52. The molecule has 2 atom stereocenters. The van der Waals surface area contributed by atoms with Crippen molar-refractivity contribution >= 4 is 66.2 Å². The Bertz CT molecular complexity index is 3660. The number of aromatic nitrogens is 4. The smallest absolute Gasteiger partial charge is 0.0709 e. The van der Waals surface area contributed by atoms with Crippen molar-refractivity contribution in [3.05, 3.63) is 204 Å². The normalized spacial score (nSPS) is 15.9. The second-order valence-electron chi connectivity index (χ2n) is 17.4. The first-order valence-electron chi connectivity index (χ1n) is 21.9. The van der Waals surface area contributed by atoms with Crippen molar-refractivity contribution in [2.24, 2.45) is 0 Å². The Morgan fingerprint density at radius 2 is 1.00 bits per heavy atom. The van der Waals surface area contributed by atoms with Crippen LogP contribution in [0.1, 0.15) is 60.2 Å². The van der Waals surface area contributed by atoms with E-state index in [2.05, 4.69) is 205 Å².